The average molecular weight is 737 g/mol. The Labute approximate surface area is 309 Å². The molecule has 286 valence electrons. The summed E-state index contributed by atoms with van der Waals surface area (Å²) in [5, 5.41) is 4.39. The number of esters is 1. The molecule has 14 heteroatoms. The molecule has 0 bridgehead atoms. The number of ketones is 1. The monoisotopic (exact) mass is 736 g/mol. The molecular formula is C39H48N2O12. The van der Waals surface area contributed by atoms with Crippen molar-refractivity contribution in [2.45, 2.75) is 65.2 Å². The number of ether oxygens (including phenoxy) is 7. The first kappa shape index (κ1) is 40.6. The lowest BCUT2D eigenvalue weighted by Crippen LogP contribution is -2.50. The highest BCUT2D eigenvalue weighted by Gasteiger charge is 2.34. The third-order valence-electron chi connectivity index (χ3n) is 8.10. The Kier molecular flexibility index (Phi) is 14.2. The SMILES string of the molecule is COCOc1ccc(OC)cc1C(=O)c1ccc(C(=O)O[C@@H]2CCCN(OC(=O)OC(C)(C)C)C[C@H]2NC(=O)c2cc(C)c(OCOC)c(C)c2)cc1. The summed E-state index contributed by atoms with van der Waals surface area (Å²) >= 11 is 0. The van der Waals surface area contributed by atoms with Gasteiger partial charge in [-0.25, -0.2) is 9.59 Å². The first-order valence-corrected chi connectivity index (χ1v) is 17.1. The van der Waals surface area contributed by atoms with Gasteiger partial charge in [0.25, 0.3) is 5.91 Å². The lowest BCUT2D eigenvalue weighted by atomic mass is 10.0. The molecule has 14 nitrogen and oxygen atoms in total. The van der Waals surface area contributed by atoms with Gasteiger partial charge in [-0.2, -0.15) is 0 Å². The second kappa shape index (κ2) is 18.5. The summed E-state index contributed by atoms with van der Waals surface area (Å²) in [7, 11) is 4.49. The Hall–Kier alpha value is -5.18. The van der Waals surface area contributed by atoms with Crippen LogP contribution in [0.3, 0.4) is 0 Å². The summed E-state index contributed by atoms with van der Waals surface area (Å²) in [5.41, 5.74) is 1.81. The van der Waals surface area contributed by atoms with E-state index in [0.717, 1.165) is 11.1 Å². The molecule has 3 aromatic rings. The molecule has 1 fully saturated rings. The zero-order chi connectivity index (χ0) is 38.7. The largest absolute Gasteiger partial charge is 0.528 e. The van der Waals surface area contributed by atoms with Gasteiger partial charge in [0.1, 0.15) is 29.0 Å². The maximum Gasteiger partial charge on any atom is 0.528 e. The minimum Gasteiger partial charge on any atom is -0.497 e. The molecule has 2 atom stereocenters. The fourth-order valence-electron chi connectivity index (χ4n) is 5.69. The fraction of sp³-hybridized carbons (Fsp3) is 0.436. The first-order chi connectivity index (χ1) is 25.2. The highest BCUT2D eigenvalue weighted by atomic mass is 16.8. The van der Waals surface area contributed by atoms with Crippen molar-refractivity contribution in [3.05, 3.63) is 88.0 Å². The van der Waals surface area contributed by atoms with Crippen molar-refractivity contribution in [2.75, 3.05) is 48.0 Å². The van der Waals surface area contributed by atoms with Crippen LogP contribution in [-0.2, 0) is 23.8 Å². The fourth-order valence-corrected chi connectivity index (χ4v) is 5.69. The molecule has 0 spiro atoms. The summed E-state index contributed by atoms with van der Waals surface area (Å²) in [5.74, 6) is -0.0433. The number of hydrogen-bond acceptors (Lipinski definition) is 13. The maximum absolute atomic E-state index is 13.7. The van der Waals surface area contributed by atoms with E-state index in [-0.39, 0.29) is 37.0 Å². The van der Waals surface area contributed by atoms with Crippen molar-refractivity contribution in [1.82, 2.24) is 10.4 Å². The van der Waals surface area contributed by atoms with Gasteiger partial charge in [-0.05, 0) is 101 Å². The van der Waals surface area contributed by atoms with E-state index in [1.54, 1.807) is 51.1 Å². The van der Waals surface area contributed by atoms with Crippen molar-refractivity contribution in [3.63, 3.8) is 0 Å². The van der Waals surface area contributed by atoms with Gasteiger partial charge < -0.3 is 43.3 Å². The van der Waals surface area contributed by atoms with Crippen molar-refractivity contribution >= 4 is 23.8 Å². The minimum absolute atomic E-state index is 0.0113. The molecular weight excluding hydrogens is 688 g/mol. The number of hydrogen-bond donors (Lipinski definition) is 1. The van der Waals surface area contributed by atoms with Crippen molar-refractivity contribution < 1.29 is 57.2 Å². The van der Waals surface area contributed by atoms with Crippen LogP contribution in [-0.4, -0.2) is 94.6 Å². The number of hydroxylamine groups is 2. The number of nitrogens with zero attached hydrogens (tertiary/aromatic N) is 1. The molecule has 1 aliphatic rings. The molecule has 0 aliphatic carbocycles. The Morgan fingerprint density at radius 2 is 1.47 bits per heavy atom. The van der Waals surface area contributed by atoms with Crippen molar-refractivity contribution in [2.24, 2.45) is 0 Å². The van der Waals surface area contributed by atoms with Crippen LogP contribution in [0.25, 0.3) is 0 Å². The second-order valence-corrected chi connectivity index (χ2v) is 13.4. The highest BCUT2D eigenvalue weighted by molar-refractivity contribution is 6.11. The molecule has 1 saturated heterocycles. The molecule has 1 amide bonds. The number of carbonyl (C=O) groups is 4. The van der Waals surface area contributed by atoms with Crippen LogP contribution in [0.2, 0.25) is 0 Å². The zero-order valence-electron chi connectivity index (χ0n) is 31.4. The molecule has 1 aliphatic heterocycles. The molecule has 1 N–H and O–H groups in total. The third kappa shape index (κ3) is 11.4. The Morgan fingerprint density at radius 3 is 2.09 bits per heavy atom. The molecule has 0 aromatic heterocycles. The van der Waals surface area contributed by atoms with Crippen LogP contribution in [0.15, 0.2) is 54.6 Å². The predicted octanol–water partition coefficient (Wildman–Crippen LogP) is 5.79. The topological polar surface area (TPSA) is 157 Å². The number of methoxy groups -OCH3 is 3. The summed E-state index contributed by atoms with van der Waals surface area (Å²) in [6.07, 6.45) is -0.873. The standard InChI is InChI=1S/C39H48N2O12/c1-24-18-28(19-25(2)35(24)50-23-47-7)36(43)40-31-21-41(53-38(45)52-39(3,4)5)17-9-10-33(31)51-37(44)27-13-11-26(12-14-27)34(42)30-20-29(48-8)15-16-32(30)49-22-46-6/h11-16,18-20,31,33H,9-10,17,21-23H2,1-8H3,(H,40,43)/t31-,33-/m1/s1. The van der Waals surface area contributed by atoms with Crippen LogP contribution < -0.4 is 19.5 Å². The van der Waals surface area contributed by atoms with E-state index in [1.165, 1.54) is 50.7 Å². The van der Waals surface area contributed by atoms with E-state index in [2.05, 4.69) is 5.32 Å². The Morgan fingerprint density at radius 1 is 0.830 bits per heavy atom. The smallest absolute Gasteiger partial charge is 0.497 e. The van der Waals surface area contributed by atoms with Crippen LogP contribution >= 0.6 is 0 Å². The van der Waals surface area contributed by atoms with E-state index in [1.807, 2.05) is 13.8 Å². The zero-order valence-corrected chi connectivity index (χ0v) is 31.4. The summed E-state index contributed by atoms with van der Waals surface area (Å²) in [6.45, 7) is 9.14. The lowest BCUT2D eigenvalue weighted by Gasteiger charge is -2.29. The van der Waals surface area contributed by atoms with Gasteiger partial charge in [0.05, 0.1) is 30.8 Å². The molecule has 0 unspecified atom stereocenters. The van der Waals surface area contributed by atoms with E-state index in [0.29, 0.717) is 47.8 Å². The number of aryl methyl sites for hydroxylation is 2. The summed E-state index contributed by atoms with van der Waals surface area (Å²) < 4.78 is 37.9. The lowest BCUT2D eigenvalue weighted by molar-refractivity contribution is -0.144. The summed E-state index contributed by atoms with van der Waals surface area (Å²) in [4.78, 5) is 58.8. The molecule has 4 rings (SSSR count). The van der Waals surface area contributed by atoms with Gasteiger partial charge in [-0.15, -0.1) is 5.06 Å². The number of benzene rings is 3. The van der Waals surface area contributed by atoms with Gasteiger partial charge in [0.15, 0.2) is 19.4 Å². The van der Waals surface area contributed by atoms with Gasteiger partial charge >= 0.3 is 12.1 Å². The Balaban J connectivity index is 1.55. The number of carbonyl (C=O) groups excluding carboxylic acids is 4. The van der Waals surface area contributed by atoms with Gasteiger partial charge in [-0.3, -0.25) is 9.59 Å². The van der Waals surface area contributed by atoms with Crippen LogP contribution in [0, 0.1) is 13.8 Å². The average Bonchev–Trinajstić information content (AvgIpc) is 3.29. The first-order valence-electron chi connectivity index (χ1n) is 17.1. The molecule has 3 aromatic carbocycles. The maximum atomic E-state index is 13.7. The molecule has 53 heavy (non-hydrogen) atoms. The number of nitrogens with one attached hydrogen (secondary N) is 1. The van der Waals surface area contributed by atoms with E-state index >= 15 is 0 Å². The van der Waals surface area contributed by atoms with Crippen LogP contribution in [0.4, 0.5) is 4.79 Å². The van der Waals surface area contributed by atoms with E-state index in [4.69, 9.17) is 38.0 Å². The molecule has 1 heterocycles. The van der Waals surface area contributed by atoms with Gasteiger partial charge in [-0.1, -0.05) is 12.1 Å². The van der Waals surface area contributed by atoms with Gasteiger partial charge in [0, 0.05) is 31.9 Å². The van der Waals surface area contributed by atoms with E-state index < -0.39 is 35.8 Å². The van der Waals surface area contributed by atoms with Crippen LogP contribution in [0.1, 0.15) is 81.4 Å². The second-order valence-electron chi connectivity index (χ2n) is 13.4. The number of amides is 1. The molecule has 0 radical (unpaired) electrons. The Bertz CT molecular complexity index is 1730. The van der Waals surface area contributed by atoms with Crippen molar-refractivity contribution in [3.8, 4) is 17.2 Å². The molecule has 0 saturated carbocycles. The predicted molar refractivity (Wildman–Crippen MR) is 192 cm³/mol. The minimum atomic E-state index is -0.892. The normalized spacial score (nSPS) is 16.2. The quantitative estimate of drug-likeness (QED) is 0.121. The number of rotatable bonds is 14. The van der Waals surface area contributed by atoms with E-state index in [9.17, 15) is 19.2 Å². The highest BCUT2D eigenvalue weighted by Crippen LogP contribution is 2.28. The third-order valence-corrected chi connectivity index (χ3v) is 8.10. The summed E-state index contributed by atoms with van der Waals surface area (Å²) in [6, 6.07) is 13.5. The van der Waals surface area contributed by atoms with Crippen LogP contribution in [0.5, 0.6) is 17.2 Å². The van der Waals surface area contributed by atoms with Crippen molar-refractivity contribution in [1.29, 1.82) is 0 Å². The van der Waals surface area contributed by atoms with Gasteiger partial charge in [0.2, 0.25) is 0 Å².